The molecule has 164 valence electrons. The van der Waals surface area contributed by atoms with Crippen LogP contribution in [-0.2, 0) is 12.7 Å². The molecule has 31 heavy (non-hydrogen) atoms. The second-order valence-electron chi connectivity index (χ2n) is 7.38. The van der Waals surface area contributed by atoms with Crippen molar-refractivity contribution in [3.8, 4) is 0 Å². The van der Waals surface area contributed by atoms with Gasteiger partial charge in [0.25, 0.3) is 5.91 Å². The van der Waals surface area contributed by atoms with Crippen molar-refractivity contribution in [1.82, 2.24) is 30.2 Å². The van der Waals surface area contributed by atoms with Crippen LogP contribution in [0.1, 0.15) is 34.7 Å². The molecular formula is C19H19ClF3N7O. The number of benzene rings is 1. The number of anilines is 1. The maximum atomic E-state index is 12.9. The molecule has 1 unspecified atom stereocenters. The number of hydrogen-bond acceptors (Lipinski definition) is 6. The van der Waals surface area contributed by atoms with E-state index in [0.717, 1.165) is 31.5 Å². The number of aromatic amines is 1. The molecule has 0 spiro atoms. The number of rotatable bonds is 4. The summed E-state index contributed by atoms with van der Waals surface area (Å²) in [6.07, 6.45) is -1.63. The molecule has 1 amide bonds. The summed E-state index contributed by atoms with van der Waals surface area (Å²) in [4.78, 5) is 29.6. The summed E-state index contributed by atoms with van der Waals surface area (Å²) in [5.74, 6) is 0.160. The molecule has 1 fully saturated rings. The highest BCUT2D eigenvalue weighted by Gasteiger charge is 2.31. The van der Waals surface area contributed by atoms with Gasteiger partial charge in [0.2, 0.25) is 0 Å². The van der Waals surface area contributed by atoms with Crippen LogP contribution in [0.4, 0.5) is 19.0 Å². The van der Waals surface area contributed by atoms with E-state index >= 15 is 0 Å². The summed E-state index contributed by atoms with van der Waals surface area (Å²) >= 11 is 6.02. The minimum Gasteiger partial charge on any atom is -0.382 e. The summed E-state index contributed by atoms with van der Waals surface area (Å²) < 4.78 is 38.7. The van der Waals surface area contributed by atoms with Crippen LogP contribution < -0.4 is 11.1 Å². The summed E-state index contributed by atoms with van der Waals surface area (Å²) in [5, 5.41) is 2.91. The second-order valence-corrected chi connectivity index (χ2v) is 7.76. The number of carbonyl (C=O) groups is 1. The van der Waals surface area contributed by atoms with Crippen molar-refractivity contribution >= 4 is 34.4 Å². The molecule has 1 aromatic carbocycles. The molecule has 3 heterocycles. The van der Waals surface area contributed by atoms with Crippen LogP contribution in [-0.4, -0.2) is 49.9 Å². The maximum absolute atomic E-state index is 12.9. The van der Waals surface area contributed by atoms with Gasteiger partial charge in [0.15, 0.2) is 5.69 Å². The van der Waals surface area contributed by atoms with Crippen LogP contribution in [0, 0.1) is 0 Å². The van der Waals surface area contributed by atoms with Crippen LogP contribution in [0.2, 0.25) is 5.02 Å². The molecule has 4 rings (SSSR count). The largest absolute Gasteiger partial charge is 0.416 e. The fraction of sp³-hybridized carbons (Fsp3) is 0.368. The first-order valence-electron chi connectivity index (χ1n) is 9.55. The zero-order valence-corrected chi connectivity index (χ0v) is 17.0. The number of likely N-dealkylation sites (tertiary alicyclic amines) is 1. The zero-order chi connectivity index (χ0) is 22.2. The van der Waals surface area contributed by atoms with E-state index in [-0.39, 0.29) is 28.1 Å². The predicted molar refractivity (Wildman–Crippen MR) is 108 cm³/mol. The number of alkyl halides is 3. The standard InChI is InChI=1S/C19H19ClF3N7O/c20-15-16(25-9-26-17(15)24)18(31)27-11-2-1-5-30(7-11)8-14-28-12-4-3-10(19(21,22)23)6-13(12)29-14/h3-4,6,9,11H,1-2,5,7-8H2,(H,27,31)(H,28,29)(H2,24,25,26). The van der Waals surface area contributed by atoms with Crippen LogP contribution in [0.5, 0.6) is 0 Å². The minimum absolute atomic E-state index is 0.00756. The number of amides is 1. The Labute approximate surface area is 180 Å². The smallest absolute Gasteiger partial charge is 0.382 e. The minimum atomic E-state index is -4.41. The lowest BCUT2D eigenvalue weighted by molar-refractivity contribution is -0.137. The number of H-pyrrole nitrogens is 1. The third kappa shape index (κ3) is 4.72. The van der Waals surface area contributed by atoms with E-state index in [0.29, 0.717) is 24.4 Å². The molecule has 0 radical (unpaired) electrons. The van der Waals surface area contributed by atoms with Crippen LogP contribution >= 0.6 is 11.6 Å². The molecule has 0 aliphatic carbocycles. The number of aromatic nitrogens is 4. The lowest BCUT2D eigenvalue weighted by Crippen LogP contribution is -2.47. The van der Waals surface area contributed by atoms with Crippen molar-refractivity contribution in [3.63, 3.8) is 0 Å². The number of halogens is 4. The van der Waals surface area contributed by atoms with Gasteiger partial charge in [-0.05, 0) is 37.6 Å². The Morgan fingerprint density at radius 3 is 2.94 bits per heavy atom. The van der Waals surface area contributed by atoms with Gasteiger partial charge in [-0.25, -0.2) is 15.0 Å². The Morgan fingerprint density at radius 2 is 2.16 bits per heavy atom. The molecule has 12 heteroatoms. The monoisotopic (exact) mass is 453 g/mol. The Balaban J connectivity index is 1.42. The Kier molecular flexibility index (Phi) is 5.71. The quantitative estimate of drug-likeness (QED) is 0.559. The number of nitrogens with zero attached hydrogens (tertiary/aromatic N) is 4. The predicted octanol–water partition coefficient (Wildman–Crippen LogP) is 3.00. The zero-order valence-electron chi connectivity index (χ0n) is 16.2. The molecule has 8 nitrogen and oxygen atoms in total. The Morgan fingerprint density at radius 1 is 1.35 bits per heavy atom. The molecule has 1 aliphatic heterocycles. The van der Waals surface area contributed by atoms with E-state index < -0.39 is 17.6 Å². The Hall–Kier alpha value is -2.92. The number of imidazole rings is 1. The second kappa shape index (κ2) is 8.31. The van der Waals surface area contributed by atoms with Crippen molar-refractivity contribution in [2.24, 2.45) is 0 Å². The van der Waals surface area contributed by atoms with Gasteiger partial charge in [0.1, 0.15) is 23.0 Å². The average molecular weight is 454 g/mol. The van der Waals surface area contributed by atoms with Crippen molar-refractivity contribution in [2.45, 2.75) is 31.6 Å². The molecule has 1 atom stereocenters. The summed E-state index contributed by atoms with van der Waals surface area (Å²) in [6, 6.07) is 3.30. The topological polar surface area (TPSA) is 113 Å². The van der Waals surface area contributed by atoms with Gasteiger partial charge in [0.05, 0.1) is 23.1 Å². The normalized spacial score (nSPS) is 17.7. The average Bonchev–Trinajstić information content (AvgIpc) is 3.11. The number of carbonyl (C=O) groups excluding carboxylic acids is 1. The molecule has 2 aromatic heterocycles. The van der Waals surface area contributed by atoms with E-state index in [1.807, 2.05) is 0 Å². The van der Waals surface area contributed by atoms with Crippen molar-refractivity contribution in [2.75, 3.05) is 18.8 Å². The van der Waals surface area contributed by atoms with Crippen LogP contribution in [0.3, 0.4) is 0 Å². The molecule has 3 aromatic rings. The molecule has 0 saturated carbocycles. The number of fused-ring (bicyclic) bond motifs is 1. The lowest BCUT2D eigenvalue weighted by atomic mass is 10.1. The summed E-state index contributed by atoms with van der Waals surface area (Å²) in [6.45, 7) is 1.75. The highest BCUT2D eigenvalue weighted by atomic mass is 35.5. The fourth-order valence-corrected chi connectivity index (χ4v) is 3.82. The first-order valence-corrected chi connectivity index (χ1v) is 9.93. The van der Waals surface area contributed by atoms with Gasteiger partial charge in [-0.2, -0.15) is 13.2 Å². The lowest BCUT2D eigenvalue weighted by Gasteiger charge is -2.32. The number of nitrogen functional groups attached to an aromatic ring is 1. The van der Waals surface area contributed by atoms with E-state index in [1.54, 1.807) is 0 Å². The van der Waals surface area contributed by atoms with Crippen LogP contribution in [0.15, 0.2) is 24.5 Å². The van der Waals surface area contributed by atoms with Gasteiger partial charge in [-0.3, -0.25) is 9.69 Å². The van der Waals surface area contributed by atoms with Crippen LogP contribution in [0.25, 0.3) is 11.0 Å². The maximum Gasteiger partial charge on any atom is 0.416 e. The highest BCUT2D eigenvalue weighted by molar-refractivity contribution is 6.35. The third-order valence-electron chi connectivity index (χ3n) is 5.11. The fourth-order valence-electron chi connectivity index (χ4n) is 3.63. The van der Waals surface area contributed by atoms with E-state index in [1.165, 1.54) is 12.4 Å². The van der Waals surface area contributed by atoms with Gasteiger partial charge >= 0.3 is 6.18 Å². The highest BCUT2D eigenvalue weighted by Crippen LogP contribution is 2.31. The molecule has 1 saturated heterocycles. The Bertz CT molecular complexity index is 1120. The molecule has 0 bridgehead atoms. The molecular weight excluding hydrogens is 435 g/mol. The van der Waals surface area contributed by atoms with Crippen molar-refractivity contribution < 1.29 is 18.0 Å². The number of nitrogens with two attached hydrogens (primary N) is 1. The molecule has 4 N–H and O–H groups in total. The number of piperidine rings is 1. The van der Waals surface area contributed by atoms with Crippen molar-refractivity contribution in [3.05, 3.63) is 46.6 Å². The van der Waals surface area contributed by atoms with Gasteiger partial charge in [-0.15, -0.1) is 0 Å². The summed E-state index contributed by atoms with van der Waals surface area (Å²) in [7, 11) is 0. The van der Waals surface area contributed by atoms with Gasteiger partial charge < -0.3 is 16.0 Å². The first-order chi connectivity index (χ1) is 14.7. The first kappa shape index (κ1) is 21.3. The van der Waals surface area contributed by atoms with E-state index in [9.17, 15) is 18.0 Å². The third-order valence-corrected chi connectivity index (χ3v) is 5.48. The number of hydrogen-bond donors (Lipinski definition) is 3. The van der Waals surface area contributed by atoms with Crippen molar-refractivity contribution in [1.29, 1.82) is 0 Å². The van der Waals surface area contributed by atoms with E-state index in [2.05, 4.69) is 30.2 Å². The number of nitrogens with one attached hydrogen (secondary N) is 2. The van der Waals surface area contributed by atoms with Gasteiger partial charge in [-0.1, -0.05) is 11.6 Å². The van der Waals surface area contributed by atoms with Gasteiger partial charge in [0, 0.05) is 12.6 Å². The summed E-state index contributed by atoms with van der Waals surface area (Å²) in [5.41, 5.74) is 5.71. The molecule has 1 aliphatic rings. The SMILES string of the molecule is Nc1ncnc(C(=O)NC2CCCN(Cc3nc4cc(C(F)(F)F)ccc4[nH]3)C2)c1Cl. The van der Waals surface area contributed by atoms with E-state index in [4.69, 9.17) is 17.3 Å².